The first-order valence-corrected chi connectivity index (χ1v) is 4.14. The number of rotatable bonds is 2. The van der Waals surface area contributed by atoms with Crippen molar-refractivity contribution in [2.45, 2.75) is 19.4 Å². The van der Waals surface area contributed by atoms with Crippen molar-refractivity contribution in [2.75, 3.05) is 0 Å². The first-order chi connectivity index (χ1) is 6.32. The largest absolute Gasteiger partial charge is 0.478 e. The van der Waals surface area contributed by atoms with E-state index in [0.717, 1.165) is 6.07 Å². The Labute approximate surface area is 81.4 Å². The third-order valence-corrected chi connectivity index (χ3v) is 1.94. The zero-order valence-electron chi connectivity index (χ0n) is 8.04. The molecule has 0 unspecified atom stereocenters. The third kappa shape index (κ3) is 2.09. The number of hydrogen-bond acceptors (Lipinski definition) is 2. The van der Waals surface area contributed by atoms with Gasteiger partial charge in [-0.2, -0.15) is 0 Å². The van der Waals surface area contributed by atoms with Gasteiger partial charge in [0.05, 0.1) is 5.56 Å². The summed E-state index contributed by atoms with van der Waals surface area (Å²) < 4.78 is 13.0. The minimum absolute atomic E-state index is 0.346. The van der Waals surface area contributed by atoms with Crippen LogP contribution in [0.15, 0.2) is 18.2 Å². The molecule has 0 heterocycles. The van der Waals surface area contributed by atoms with Crippen LogP contribution in [0, 0.1) is 5.82 Å². The summed E-state index contributed by atoms with van der Waals surface area (Å²) in [5.41, 5.74) is 5.34. The lowest BCUT2D eigenvalue weighted by atomic mass is 9.94. The summed E-state index contributed by atoms with van der Waals surface area (Å²) in [6.45, 7) is 3.46. The van der Waals surface area contributed by atoms with Crippen LogP contribution in [0.4, 0.5) is 4.39 Å². The number of hydrogen-bond donors (Lipinski definition) is 2. The lowest BCUT2D eigenvalue weighted by molar-refractivity contribution is 0.0691. The molecule has 3 nitrogen and oxygen atoms in total. The van der Waals surface area contributed by atoms with Crippen LogP contribution >= 0.6 is 0 Å². The van der Waals surface area contributed by atoms with Crippen LogP contribution in [0.3, 0.4) is 0 Å². The van der Waals surface area contributed by atoms with Gasteiger partial charge in [-0.1, -0.05) is 6.07 Å². The molecular weight excluding hydrogens is 185 g/mol. The van der Waals surface area contributed by atoms with Gasteiger partial charge in [0.15, 0.2) is 0 Å². The molecule has 1 aromatic carbocycles. The fourth-order valence-corrected chi connectivity index (χ4v) is 1.09. The van der Waals surface area contributed by atoms with Crippen molar-refractivity contribution in [3.05, 3.63) is 35.1 Å². The summed E-state index contributed by atoms with van der Waals surface area (Å²) in [5.74, 6) is -2.03. The zero-order chi connectivity index (χ0) is 10.9. The Morgan fingerprint density at radius 2 is 2.07 bits per heavy atom. The van der Waals surface area contributed by atoms with Crippen LogP contribution in [0.5, 0.6) is 0 Å². The Kier molecular flexibility index (Phi) is 2.57. The lowest BCUT2D eigenvalue weighted by Crippen LogP contribution is -2.29. The summed E-state index contributed by atoms with van der Waals surface area (Å²) >= 11 is 0. The minimum Gasteiger partial charge on any atom is -0.478 e. The smallest absolute Gasteiger partial charge is 0.338 e. The van der Waals surface area contributed by atoms with Crippen LogP contribution in [0.25, 0.3) is 0 Å². The summed E-state index contributed by atoms with van der Waals surface area (Å²) in [6.07, 6.45) is 0. The van der Waals surface area contributed by atoms with E-state index in [1.165, 1.54) is 12.1 Å². The number of carbonyl (C=O) groups is 1. The second kappa shape index (κ2) is 3.38. The Bertz CT molecular complexity index is 369. The number of halogens is 1. The van der Waals surface area contributed by atoms with Crippen LogP contribution < -0.4 is 5.73 Å². The van der Waals surface area contributed by atoms with Crippen molar-refractivity contribution in [3.63, 3.8) is 0 Å². The van der Waals surface area contributed by atoms with Crippen molar-refractivity contribution in [1.82, 2.24) is 0 Å². The van der Waals surface area contributed by atoms with Crippen LogP contribution in [-0.4, -0.2) is 11.1 Å². The molecule has 0 saturated carbocycles. The Morgan fingerprint density at radius 1 is 1.50 bits per heavy atom. The molecule has 0 spiro atoms. The van der Waals surface area contributed by atoms with E-state index < -0.39 is 17.3 Å². The average Bonchev–Trinajstić information content (AvgIpc) is 2.02. The quantitative estimate of drug-likeness (QED) is 0.758. The number of aromatic carboxylic acids is 1. The van der Waals surface area contributed by atoms with Crippen molar-refractivity contribution >= 4 is 5.97 Å². The second-order valence-electron chi connectivity index (χ2n) is 3.72. The van der Waals surface area contributed by atoms with Gasteiger partial charge in [-0.25, -0.2) is 9.18 Å². The topological polar surface area (TPSA) is 63.3 Å². The first kappa shape index (κ1) is 10.7. The van der Waals surface area contributed by atoms with E-state index in [-0.39, 0.29) is 5.56 Å². The van der Waals surface area contributed by atoms with Crippen molar-refractivity contribution in [1.29, 1.82) is 0 Å². The van der Waals surface area contributed by atoms with Gasteiger partial charge in [0.1, 0.15) is 5.82 Å². The molecule has 0 aliphatic rings. The fraction of sp³-hybridized carbons (Fsp3) is 0.300. The summed E-state index contributed by atoms with van der Waals surface area (Å²) in [4.78, 5) is 10.6. The molecule has 0 aromatic heterocycles. The number of benzene rings is 1. The third-order valence-electron chi connectivity index (χ3n) is 1.94. The van der Waals surface area contributed by atoms with E-state index >= 15 is 0 Å². The summed E-state index contributed by atoms with van der Waals surface area (Å²) in [6, 6.07) is 3.87. The standard InChI is InChI=1S/C10H12FNO2/c1-10(2,12)6-3-4-8(11)7(5-6)9(13)14/h3-5H,12H2,1-2H3,(H,13,14). The molecule has 14 heavy (non-hydrogen) atoms. The van der Waals surface area contributed by atoms with E-state index in [0.29, 0.717) is 5.56 Å². The number of nitrogens with two attached hydrogens (primary N) is 1. The predicted molar refractivity (Wildman–Crippen MR) is 50.6 cm³/mol. The highest BCUT2D eigenvalue weighted by Crippen LogP contribution is 2.19. The van der Waals surface area contributed by atoms with Gasteiger partial charge >= 0.3 is 5.97 Å². The molecule has 0 aliphatic carbocycles. The Hall–Kier alpha value is -1.42. The number of carboxylic acids is 1. The minimum atomic E-state index is -1.28. The molecule has 0 aliphatic heterocycles. The summed E-state index contributed by atoms with van der Waals surface area (Å²) in [5, 5.41) is 8.68. The fourth-order valence-electron chi connectivity index (χ4n) is 1.09. The molecule has 1 rings (SSSR count). The van der Waals surface area contributed by atoms with E-state index in [1.807, 2.05) is 0 Å². The van der Waals surface area contributed by atoms with E-state index in [9.17, 15) is 9.18 Å². The van der Waals surface area contributed by atoms with Crippen LogP contribution in [0.1, 0.15) is 29.8 Å². The van der Waals surface area contributed by atoms with Gasteiger partial charge < -0.3 is 10.8 Å². The monoisotopic (exact) mass is 197 g/mol. The maximum atomic E-state index is 13.0. The molecular formula is C10H12FNO2. The molecule has 0 bridgehead atoms. The Balaban J connectivity index is 3.27. The molecule has 0 atom stereocenters. The highest BCUT2D eigenvalue weighted by atomic mass is 19.1. The van der Waals surface area contributed by atoms with Gasteiger partial charge in [-0.3, -0.25) is 0 Å². The molecule has 76 valence electrons. The predicted octanol–water partition coefficient (Wildman–Crippen LogP) is 1.72. The van der Waals surface area contributed by atoms with Gasteiger partial charge in [-0.05, 0) is 31.5 Å². The van der Waals surface area contributed by atoms with Gasteiger partial charge in [0, 0.05) is 5.54 Å². The molecule has 0 saturated heterocycles. The zero-order valence-corrected chi connectivity index (χ0v) is 8.04. The maximum Gasteiger partial charge on any atom is 0.338 e. The van der Waals surface area contributed by atoms with E-state index in [1.54, 1.807) is 13.8 Å². The molecule has 0 radical (unpaired) electrons. The molecule has 3 N–H and O–H groups in total. The van der Waals surface area contributed by atoms with E-state index in [4.69, 9.17) is 10.8 Å². The molecule has 1 aromatic rings. The summed E-state index contributed by atoms with van der Waals surface area (Å²) in [7, 11) is 0. The number of carboxylic acid groups (broad SMARTS) is 1. The normalized spacial score (nSPS) is 11.4. The molecule has 0 fully saturated rings. The molecule has 0 amide bonds. The van der Waals surface area contributed by atoms with Crippen LogP contribution in [0.2, 0.25) is 0 Å². The van der Waals surface area contributed by atoms with Crippen molar-refractivity contribution in [3.8, 4) is 0 Å². The highest BCUT2D eigenvalue weighted by Gasteiger charge is 2.18. The van der Waals surface area contributed by atoms with Gasteiger partial charge in [-0.15, -0.1) is 0 Å². The first-order valence-electron chi connectivity index (χ1n) is 4.14. The van der Waals surface area contributed by atoms with E-state index in [2.05, 4.69) is 0 Å². The van der Waals surface area contributed by atoms with Crippen molar-refractivity contribution < 1.29 is 14.3 Å². The lowest BCUT2D eigenvalue weighted by Gasteiger charge is -2.19. The highest BCUT2D eigenvalue weighted by molar-refractivity contribution is 5.88. The van der Waals surface area contributed by atoms with Gasteiger partial charge in [0.2, 0.25) is 0 Å². The Morgan fingerprint density at radius 3 is 2.50 bits per heavy atom. The van der Waals surface area contributed by atoms with Crippen LogP contribution in [-0.2, 0) is 5.54 Å². The molecule has 4 heteroatoms. The second-order valence-corrected chi connectivity index (χ2v) is 3.72. The SMILES string of the molecule is CC(C)(N)c1ccc(F)c(C(=O)O)c1. The average molecular weight is 197 g/mol. The van der Waals surface area contributed by atoms with Crippen molar-refractivity contribution in [2.24, 2.45) is 5.73 Å². The van der Waals surface area contributed by atoms with Gasteiger partial charge in [0.25, 0.3) is 0 Å². The maximum absolute atomic E-state index is 13.0.